The molecule has 2 rings (SSSR count). The number of nitrogens with two attached hydrogens (primary N) is 1. The van der Waals surface area contributed by atoms with Crippen molar-refractivity contribution in [3.05, 3.63) is 29.8 Å². The molecule has 1 unspecified atom stereocenters. The van der Waals surface area contributed by atoms with Crippen molar-refractivity contribution in [1.82, 2.24) is 4.90 Å². The molecule has 0 radical (unpaired) electrons. The minimum Gasteiger partial charge on any atom is -0.339 e. The predicted molar refractivity (Wildman–Crippen MR) is 87.6 cm³/mol. The van der Waals surface area contributed by atoms with E-state index in [4.69, 9.17) is 5.73 Å². The first-order chi connectivity index (χ1) is 10.5. The molecule has 1 atom stereocenters. The van der Waals surface area contributed by atoms with Gasteiger partial charge in [0, 0.05) is 36.8 Å². The molecule has 0 spiro atoms. The highest BCUT2D eigenvalue weighted by Crippen LogP contribution is 2.22. The topological polar surface area (TPSA) is 75.4 Å². The lowest BCUT2D eigenvalue weighted by Crippen LogP contribution is -2.42. The molecule has 0 aliphatic carbocycles. The van der Waals surface area contributed by atoms with Crippen LogP contribution in [0.25, 0.3) is 0 Å². The Hall–Kier alpha value is -1.88. The summed E-state index contributed by atoms with van der Waals surface area (Å²) in [6.45, 7) is 5.32. The molecule has 1 fully saturated rings. The molecule has 5 heteroatoms. The molecule has 1 saturated heterocycles. The summed E-state index contributed by atoms with van der Waals surface area (Å²) in [5.74, 6) is 0.470. The van der Waals surface area contributed by atoms with Crippen LogP contribution in [0.3, 0.4) is 0 Å². The van der Waals surface area contributed by atoms with E-state index in [1.54, 1.807) is 31.2 Å². The lowest BCUT2D eigenvalue weighted by atomic mass is 9.90. The quantitative estimate of drug-likeness (QED) is 0.895. The number of carbonyl (C=O) groups excluding carboxylic acids is 2. The molecular weight excluding hydrogens is 278 g/mol. The van der Waals surface area contributed by atoms with Gasteiger partial charge in [-0.2, -0.15) is 0 Å². The SMILES string of the molecule is CCC(=O)Nc1cccc(C(=O)N2CCC(C(C)N)CC2)c1. The highest BCUT2D eigenvalue weighted by atomic mass is 16.2. The van der Waals surface area contributed by atoms with E-state index in [0.717, 1.165) is 25.9 Å². The lowest BCUT2D eigenvalue weighted by molar-refractivity contribution is -0.115. The summed E-state index contributed by atoms with van der Waals surface area (Å²) < 4.78 is 0. The number of rotatable bonds is 4. The molecular formula is C17H25N3O2. The van der Waals surface area contributed by atoms with Crippen molar-refractivity contribution in [1.29, 1.82) is 0 Å². The third kappa shape index (κ3) is 4.07. The maximum Gasteiger partial charge on any atom is 0.253 e. The Labute approximate surface area is 131 Å². The molecule has 5 nitrogen and oxygen atoms in total. The van der Waals surface area contributed by atoms with Crippen LogP contribution in [0.1, 0.15) is 43.5 Å². The van der Waals surface area contributed by atoms with Crippen LogP contribution in [0.2, 0.25) is 0 Å². The van der Waals surface area contributed by atoms with Gasteiger partial charge >= 0.3 is 0 Å². The van der Waals surface area contributed by atoms with Gasteiger partial charge < -0.3 is 16.0 Å². The molecule has 120 valence electrons. The highest BCUT2D eigenvalue weighted by Gasteiger charge is 2.25. The van der Waals surface area contributed by atoms with Gasteiger partial charge in [0.15, 0.2) is 0 Å². The molecule has 0 saturated carbocycles. The zero-order valence-electron chi connectivity index (χ0n) is 13.3. The average molecular weight is 303 g/mol. The monoisotopic (exact) mass is 303 g/mol. The minimum absolute atomic E-state index is 0.0238. The first-order valence-electron chi connectivity index (χ1n) is 7.96. The van der Waals surface area contributed by atoms with Crippen LogP contribution in [0.5, 0.6) is 0 Å². The lowest BCUT2D eigenvalue weighted by Gasteiger charge is -2.33. The summed E-state index contributed by atoms with van der Waals surface area (Å²) in [6, 6.07) is 7.32. The summed E-state index contributed by atoms with van der Waals surface area (Å²) in [5.41, 5.74) is 7.22. The number of amides is 2. The van der Waals surface area contributed by atoms with Gasteiger partial charge in [-0.3, -0.25) is 9.59 Å². The van der Waals surface area contributed by atoms with E-state index >= 15 is 0 Å². The summed E-state index contributed by atoms with van der Waals surface area (Å²) >= 11 is 0. The van der Waals surface area contributed by atoms with Gasteiger partial charge in [-0.25, -0.2) is 0 Å². The third-order valence-corrected chi connectivity index (χ3v) is 4.28. The number of carbonyl (C=O) groups is 2. The van der Waals surface area contributed by atoms with Crippen LogP contribution in [-0.4, -0.2) is 35.8 Å². The Kier molecular flexibility index (Phi) is 5.55. The van der Waals surface area contributed by atoms with Crippen molar-refractivity contribution in [3.63, 3.8) is 0 Å². The zero-order valence-corrected chi connectivity index (χ0v) is 13.3. The molecule has 1 aromatic carbocycles. The van der Waals surface area contributed by atoms with Gasteiger partial charge in [-0.05, 0) is 43.9 Å². The third-order valence-electron chi connectivity index (χ3n) is 4.28. The first-order valence-corrected chi connectivity index (χ1v) is 7.96. The zero-order chi connectivity index (χ0) is 16.1. The van der Waals surface area contributed by atoms with Crippen LogP contribution in [0, 0.1) is 5.92 Å². The second-order valence-corrected chi connectivity index (χ2v) is 5.97. The molecule has 0 bridgehead atoms. The van der Waals surface area contributed by atoms with Gasteiger partial charge in [-0.1, -0.05) is 13.0 Å². The number of anilines is 1. The number of benzene rings is 1. The smallest absolute Gasteiger partial charge is 0.253 e. The van der Waals surface area contributed by atoms with Crippen LogP contribution >= 0.6 is 0 Å². The molecule has 3 N–H and O–H groups in total. The van der Waals surface area contributed by atoms with E-state index < -0.39 is 0 Å². The van der Waals surface area contributed by atoms with E-state index in [1.165, 1.54) is 0 Å². The second kappa shape index (κ2) is 7.40. The Morgan fingerprint density at radius 2 is 2.05 bits per heavy atom. The Bertz CT molecular complexity index is 534. The van der Waals surface area contributed by atoms with Gasteiger partial charge in [0.05, 0.1) is 0 Å². The Balaban J connectivity index is 2.01. The van der Waals surface area contributed by atoms with E-state index in [-0.39, 0.29) is 17.9 Å². The highest BCUT2D eigenvalue weighted by molar-refractivity contribution is 5.97. The van der Waals surface area contributed by atoms with Crippen LogP contribution in [0.4, 0.5) is 5.69 Å². The molecule has 1 aliphatic rings. The number of nitrogens with zero attached hydrogens (tertiary/aromatic N) is 1. The summed E-state index contributed by atoms with van der Waals surface area (Å²) in [5, 5.41) is 2.79. The Morgan fingerprint density at radius 3 is 2.64 bits per heavy atom. The van der Waals surface area contributed by atoms with Gasteiger partial charge in [0.2, 0.25) is 5.91 Å². The number of nitrogens with one attached hydrogen (secondary N) is 1. The fraction of sp³-hybridized carbons (Fsp3) is 0.529. The summed E-state index contributed by atoms with van der Waals surface area (Å²) in [7, 11) is 0. The van der Waals surface area contributed by atoms with Crippen molar-refractivity contribution < 1.29 is 9.59 Å². The molecule has 1 heterocycles. The van der Waals surface area contributed by atoms with Crippen molar-refractivity contribution in [3.8, 4) is 0 Å². The molecule has 2 amide bonds. The molecule has 22 heavy (non-hydrogen) atoms. The first kappa shape index (κ1) is 16.5. The van der Waals surface area contributed by atoms with Gasteiger partial charge in [-0.15, -0.1) is 0 Å². The molecule has 1 aliphatic heterocycles. The van der Waals surface area contributed by atoms with Crippen molar-refractivity contribution in [2.45, 2.75) is 39.2 Å². The maximum atomic E-state index is 12.6. The van der Waals surface area contributed by atoms with Crippen molar-refractivity contribution in [2.75, 3.05) is 18.4 Å². The summed E-state index contributed by atoms with van der Waals surface area (Å²) in [6.07, 6.45) is 2.33. The summed E-state index contributed by atoms with van der Waals surface area (Å²) in [4.78, 5) is 25.9. The number of piperidine rings is 1. The van der Waals surface area contributed by atoms with Gasteiger partial charge in [0.25, 0.3) is 5.91 Å². The molecule has 1 aromatic rings. The van der Waals surface area contributed by atoms with Crippen LogP contribution < -0.4 is 11.1 Å². The van der Waals surface area contributed by atoms with E-state index in [1.807, 2.05) is 11.8 Å². The number of likely N-dealkylation sites (tertiary alicyclic amines) is 1. The van der Waals surface area contributed by atoms with E-state index in [0.29, 0.717) is 23.6 Å². The fourth-order valence-corrected chi connectivity index (χ4v) is 2.79. The minimum atomic E-state index is -0.0534. The Morgan fingerprint density at radius 1 is 1.36 bits per heavy atom. The predicted octanol–water partition coefficient (Wildman–Crippen LogP) is 2.23. The average Bonchev–Trinajstić information content (AvgIpc) is 2.54. The van der Waals surface area contributed by atoms with Crippen LogP contribution in [-0.2, 0) is 4.79 Å². The van der Waals surface area contributed by atoms with Crippen LogP contribution in [0.15, 0.2) is 24.3 Å². The fourth-order valence-electron chi connectivity index (χ4n) is 2.79. The number of hydrogen-bond acceptors (Lipinski definition) is 3. The largest absolute Gasteiger partial charge is 0.339 e. The van der Waals surface area contributed by atoms with E-state index in [2.05, 4.69) is 5.32 Å². The van der Waals surface area contributed by atoms with Crippen molar-refractivity contribution >= 4 is 17.5 Å². The standard InChI is InChI=1S/C17H25N3O2/c1-3-16(21)19-15-6-4-5-14(11-15)17(22)20-9-7-13(8-10-20)12(2)18/h4-6,11-13H,3,7-10,18H2,1-2H3,(H,19,21). The van der Waals surface area contributed by atoms with Crippen molar-refractivity contribution in [2.24, 2.45) is 11.7 Å². The number of hydrogen-bond donors (Lipinski definition) is 2. The second-order valence-electron chi connectivity index (χ2n) is 5.97. The maximum absolute atomic E-state index is 12.6. The molecule has 0 aromatic heterocycles. The van der Waals surface area contributed by atoms with Gasteiger partial charge in [0.1, 0.15) is 0 Å². The normalized spacial score (nSPS) is 17.1. The van der Waals surface area contributed by atoms with E-state index in [9.17, 15) is 9.59 Å².